The predicted octanol–water partition coefficient (Wildman–Crippen LogP) is 3.74. The molecule has 0 aliphatic carbocycles. The summed E-state index contributed by atoms with van der Waals surface area (Å²) in [6.07, 6.45) is 5.15. The Morgan fingerprint density at radius 3 is 2.96 bits per heavy atom. The van der Waals surface area contributed by atoms with E-state index in [2.05, 4.69) is 10.3 Å². The lowest BCUT2D eigenvalue weighted by atomic mass is 10.1. The number of carbonyl (C=O) groups excluding carboxylic acids is 2. The first-order valence-corrected chi connectivity index (χ1v) is 8.68. The number of aromatic nitrogens is 1. The summed E-state index contributed by atoms with van der Waals surface area (Å²) >= 11 is 5.96. The number of aryl methyl sites for hydroxylation is 1. The van der Waals surface area contributed by atoms with Crippen molar-refractivity contribution in [2.45, 2.75) is 32.2 Å². The molecule has 3 rings (SSSR count). The van der Waals surface area contributed by atoms with E-state index in [0.717, 1.165) is 24.0 Å². The van der Waals surface area contributed by atoms with Crippen LogP contribution >= 0.6 is 11.6 Å². The number of likely N-dealkylation sites (tertiary alicyclic amines) is 1. The van der Waals surface area contributed by atoms with E-state index in [0.29, 0.717) is 17.3 Å². The third-order valence-electron chi connectivity index (χ3n) is 4.43. The van der Waals surface area contributed by atoms with Gasteiger partial charge in [-0.1, -0.05) is 23.7 Å². The zero-order chi connectivity index (χ0) is 17.8. The molecule has 5 nitrogen and oxygen atoms in total. The smallest absolute Gasteiger partial charge is 0.233 e. The van der Waals surface area contributed by atoms with Crippen molar-refractivity contribution in [1.29, 1.82) is 0 Å². The number of amides is 2. The maximum Gasteiger partial charge on any atom is 0.233 e. The standard InChI is InChI=1S/C19H20ClN3O2/c1-13-6-7-15(20)10-16(13)22-18(24)11-19(25)23-9-3-5-17(23)14-4-2-8-21-12-14/h2,4,6-8,10,12,17H,3,5,9,11H2,1H3,(H,22,24). The van der Waals surface area contributed by atoms with Gasteiger partial charge in [-0.3, -0.25) is 14.6 Å². The maximum absolute atomic E-state index is 12.6. The summed E-state index contributed by atoms with van der Waals surface area (Å²) in [6.45, 7) is 2.55. The largest absolute Gasteiger partial charge is 0.335 e. The van der Waals surface area contributed by atoms with E-state index in [1.807, 2.05) is 25.1 Å². The van der Waals surface area contributed by atoms with Crippen LogP contribution in [0.1, 0.15) is 36.4 Å². The lowest BCUT2D eigenvalue weighted by molar-refractivity contribution is -0.135. The minimum Gasteiger partial charge on any atom is -0.335 e. The Morgan fingerprint density at radius 1 is 1.36 bits per heavy atom. The van der Waals surface area contributed by atoms with E-state index in [9.17, 15) is 9.59 Å². The molecule has 1 saturated heterocycles. The van der Waals surface area contributed by atoms with Gasteiger partial charge in [-0.05, 0) is 49.1 Å². The second-order valence-electron chi connectivity index (χ2n) is 6.22. The molecule has 1 unspecified atom stereocenters. The van der Waals surface area contributed by atoms with Crippen LogP contribution in [-0.4, -0.2) is 28.2 Å². The van der Waals surface area contributed by atoms with Crippen molar-refractivity contribution in [3.8, 4) is 0 Å². The van der Waals surface area contributed by atoms with E-state index in [1.165, 1.54) is 0 Å². The number of benzene rings is 1. The highest BCUT2D eigenvalue weighted by Gasteiger charge is 2.30. The van der Waals surface area contributed by atoms with Crippen molar-refractivity contribution in [3.05, 3.63) is 58.9 Å². The molecule has 2 amide bonds. The highest BCUT2D eigenvalue weighted by molar-refractivity contribution is 6.31. The Balaban J connectivity index is 1.65. The van der Waals surface area contributed by atoms with Gasteiger partial charge in [0.15, 0.2) is 0 Å². The van der Waals surface area contributed by atoms with E-state index >= 15 is 0 Å². The molecule has 6 heteroatoms. The summed E-state index contributed by atoms with van der Waals surface area (Å²) in [5.74, 6) is -0.490. The third kappa shape index (κ3) is 4.17. The molecule has 0 radical (unpaired) electrons. The molecule has 1 aromatic carbocycles. The van der Waals surface area contributed by atoms with E-state index in [4.69, 9.17) is 11.6 Å². The van der Waals surface area contributed by atoms with Gasteiger partial charge in [0.2, 0.25) is 11.8 Å². The molecule has 2 heterocycles. The van der Waals surface area contributed by atoms with Crippen LogP contribution < -0.4 is 5.32 Å². The molecule has 130 valence electrons. The van der Waals surface area contributed by atoms with Crippen molar-refractivity contribution >= 4 is 29.1 Å². The van der Waals surface area contributed by atoms with Crippen LogP contribution in [0, 0.1) is 6.92 Å². The zero-order valence-electron chi connectivity index (χ0n) is 14.0. The lowest BCUT2D eigenvalue weighted by Gasteiger charge is -2.24. The molecule has 1 atom stereocenters. The van der Waals surface area contributed by atoms with E-state index < -0.39 is 0 Å². The Labute approximate surface area is 152 Å². The number of hydrogen-bond acceptors (Lipinski definition) is 3. The second-order valence-corrected chi connectivity index (χ2v) is 6.65. The molecular formula is C19H20ClN3O2. The van der Waals surface area contributed by atoms with Gasteiger partial charge in [-0.15, -0.1) is 0 Å². The van der Waals surface area contributed by atoms with Crippen molar-refractivity contribution in [1.82, 2.24) is 9.88 Å². The Bertz CT molecular complexity index is 779. The second kappa shape index (κ2) is 7.66. The number of nitrogens with zero attached hydrogens (tertiary/aromatic N) is 2. The van der Waals surface area contributed by atoms with Crippen molar-refractivity contribution < 1.29 is 9.59 Å². The first kappa shape index (κ1) is 17.4. The van der Waals surface area contributed by atoms with Gasteiger partial charge in [0.25, 0.3) is 0 Å². The maximum atomic E-state index is 12.6. The van der Waals surface area contributed by atoms with Crippen LogP contribution in [0.25, 0.3) is 0 Å². The summed E-state index contributed by atoms with van der Waals surface area (Å²) < 4.78 is 0. The van der Waals surface area contributed by atoms with Crippen molar-refractivity contribution in [2.75, 3.05) is 11.9 Å². The highest BCUT2D eigenvalue weighted by atomic mass is 35.5. The number of pyridine rings is 1. The van der Waals surface area contributed by atoms with Gasteiger partial charge >= 0.3 is 0 Å². The van der Waals surface area contributed by atoms with Crippen molar-refractivity contribution in [3.63, 3.8) is 0 Å². The number of hydrogen-bond donors (Lipinski definition) is 1. The number of halogens is 1. The van der Waals surface area contributed by atoms with Gasteiger partial charge in [-0.25, -0.2) is 0 Å². The fourth-order valence-corrected chi connectivity index (χ4v) is 3.32. The molecule has 1 aromatic heterocycles. The highest BCUT2D eigenvalue weighted by Crippen LogP contribution is 2.32. The van der Waals surface area contributed by atoms with Crippen LogP contribution in [0.4, 0.5) is 5.69 Å². The topological polar surface area (TPSA) is 62.3 Å². The first-order chi connectivity index (χ1) is 12.0. The minimum atomic E-state index is -0.327. The number of anilines is 1. The average molecular weight is 358 g/mol. The first-order valence-electron chi connectivity index (χ1n) is 8.30. The van der Waals surface area contributed by atoms with Crippen molar-refractivity contribution in [2.24, 2.45) is 0 Å². The predicted molar refractivity (Wildman–Crippen MR) is 97.4 cm³/mol. The van der Waals surface area contributed by atoms with Gasteiger partial charge < -0.3 is 10.2 Å². The summed E-state index contributed by atoms with van der Waals surface area (Å²) in [7, 11) is 0. The monoisotopic (exact) mass is 357 g/mol. The molecule has 0 saturated carbocycles. The van der Waals surface area contributed by atoms with Crippen LogP contribution in [0.15, 0.2) is 42.7 Å². The molecule has 1 aliphatic heterocycles. The summed E-state index contributed by atoms with van der Waals surface area (Å²) in [5.41, 5.74) is 2.55. The quantitative estimate of drug-likeness (QED) is 0.848. The molecule has 1 N–H and O–H groups in total. The number of rotatable bonds is 4. The van der Waals surface area contributed by atoms with Gasteiger partial charge in [0.05, 0.1) is 6.04 Å². The van der Waals surface area contributed by atoms with Gasteiger partial charge in [0, 0.05) is 29.6 Å². The summed E-state index contributed by atoms with van der Waals surface area (Å²) in [6, 6.07) is 9.12. The van der Waals surface area contributed by atoms with E-state index in [-0.39, 0.29) is 24.3 Å². The third-order valence-corrected chi connectivity index (χ3v) is 4.66. The lowest BCUT2D eigenvalue weighted by Crippen LogP contribution is -2.33. The molecule has 2 aromatic rings. The van der Waals surface area contributed by atoms with Crippen LogP contribution in [-0.2, 0) is 9.59 Å². The Morgan fingerprint density at radius 2 is 2.20 bits per heavy atom. The molecule has 0 bridgehead atoms. The van der Waals surface area contributed by atoms with Crippen LogP contribution in [0.3, 0.4) is 0 Å². The SMILES string of the molecule is Cc1ccc(Cl)cc1NC(=O)CC(=O)N1CCCC1c1cccnc1. The average Bonchev–Trinajstić information content (AvgIpc) is 3.09. The fraction of sp³-hybridized carbons (Fsp3) is 0.316. The molecular weight excluding hydrogens is 338 g/mol. The molecule has 1 aliphatic rings. The van der Waals surface area contributed by atoms with E-state index in [1.54, 1.807) is 29.4 Å². The zero-order valence-corrected chi connectivity index (χ0v) is 14.8. The number of nitrogens with one attached hydrogen (secondary N) is 1. The summed E-state index contributed by atoms with van der Waals surface area (Å²) in [5, 5.41) is 3.32. The Hall–Kier alpha value is -2.40. The fourth-order valence-electron chi connectivity index (χ4n) is 3.15. The molecule has 1 fully saturated rings. The normalized spacial score (nSPS) is 16.7. The molecule has 0 spiro atoms. The Kier molecular flexibility index (Phi) is 5.34. The van der Waals surface area contributed by atoms with Gasteiger partial charge in [0.1, 0.15) is 6.42 Å². The number of carbonyl (C=O) groups is 2. The van der Waals surface area contributed by atoms with Crippen LogP contribution in [0.5, 0.6) is 0 Å². The van der Waals surface area contributed by atoms with Crippen LogP contribution in [0.2, 0.25) is 5.02 Å². The minimum absolute atomic E-state index is 0.00176. The van der Waals surface area contributed by atoms with Gasteiger partial charge in [-0.2, -0.15) is 0 Å². The molecule has 25 heavy (non-hydrogen) atoms. The summed E-state index contributed by atoms with van der Waals surface area (Å²) in [4.78, 5) is 30.8.